The zero-order valence-corrected chi connectivity index (χ0v) is 11.6. The van der Waals surface area contributed by atoms with Crippen LogP contribution in [-0.2, 0) is 9.53 Å². The minimum atomic E-state index is -1.10. The fraction of sp³-hybridized carbons (Fsp3) is 0.267. The van der Waals surface area contributed by atoms with E-state index in [4.69, 9.17) is 9.84 Å². The molecule has 1 atom stereocenters. The number of methoxy groups -OCH3 is 1. The first kappa shape index (κ1) is 14.9. The van der Waals surface area contributed by atoms with Gasteiger partial charge in [-0.1, -0.05) is 24.3 Å². The van der Waals surface area contributed by atoms with Gasteiger partial charge in [0, 0.05) is 31.7 Å². The number of nitrogens with zero attached hydrogens (tertiary/aromatic N) is 1. The van der Waals surface area contributed by atoms with E-state index in [0.717, 1.165) is 5.39 Å². The van der Waals surface area contributed by atoms with E-state index in [0.29, 0.717) is 5.39 Å². The molecule has 2 rings (SSSR count). The number of nitrogens with one attached hydrogen (secondary N) is 1. The lowest BCUT2D eigenvalue weighted by Crippen LogP contribution is -2.41. The highest BCUT2D eigenvalue weighted by Gasteiger charge is 2.21. The molecule has 1 amide bonds. The average molecular weight is 288 g/mol. The smallest absolute Gasteiger partial charge is 0.326 e. The molecule has 110 valence electrons. The normalized spacial score (nSPS) is 12.0. The van der Waals surface area contributed by atoms with Crippen LogP contribution in [0.5, 0.6) is 0 Å². The van der Waals surface area contributed by atoms with Crippen LogP contribution in [0, 0.1) is 0 Å². The van der Waals surface area contributed by atoms with Crippen LogP contribution in [0.4, 0.5) is 0 Å². The Morgan fingerprint density at radius 3 is 2.81 bits per heavy atom. The molecule has 0 aliphatic heterocycles. The quantitative estimate of drug-likeness (QED) is 0.840. The molecule has 1 aromatic heterocycles. The highest BCUT2D eigenvalue weighted by Crippen LogP contribution is 2.16. The van der Waals surface area contributed by atoms with Crippen molar-refractivity contribution >= 4 is 22.6 Å². The van der Waals surface area contributed by atoms with Crippen LogP contribution in [0.3, 0.4) is 0 Å². The summed E-state index contributed by atoms with van der Waals surface area (Å²) >= 11 is 0. The van der Waals surface area contributed by atoms with Gasteiger partial charge in [-0.25, -0.2) is 4.79 Å². The summed E-state index contributed by atoms with van der Waals surface area (Å²) in [4.78, 5) is 27.5. The van der Waals surface area contributed by atoms with Gasteiger partial charge < -0.3 is 15.2 Å². The summed E-state index contributed by atoms with van der Waals surface area (Å²) in [5.41, 5.74) is 0.219. The molecule has 2 aromatic rings. The first-order chi connectivity index (χ1) is 10.1. The number of carbonyl (C=O) groups excluding carboxylic acids is 1. The number of hydrogen-bond acceptors (Lipinski definition) is 4. The molecule has 0 fully saturated rings. The second-order valence-electron chi connectivity index (χ2n) is 4.53. The number of carboxylic acid groups (broad SMARTS) is 1. The van der Waals surface area contributed by atoms with Crippen LogP contribution < -0.4 is 5.32 Å². The lowest BCUT2D eigenvalue weighted by atomic mass is 10.1. The van der Waals surface area contributed by atoms with Gasteiger partial charge in [-0.2, -0.15) is 0 Å². The van der Waals surface area contributed by atoms with Crippen molar-refractivity contribution in [3.8, 4) is 0 Å². The standard InChI is InChI=1S/C15H16N2O4/c1-21-9-7-12(15(19)20)17-14(18)13-11-5-3-2-4-10(11)6-8-16-13/h2-6,8,12H,7,9H2,1H3,(H,17,18)(H,19,20). The van der Waals surface area contributed by atoms with E-state index in [1.807, 2.05) is 12.1 Å². The summed E-state index contributed by atoms with van der Waals surface area (Å²) in [6.07, 6.45) is 1.73. The van der Waals surface area contributed by atoms with Gasteiger partial charge in [0.1, 0.15) is 11.7 Å². The van der Waals surface area contributed by atoms with E-state index in [2.05, 4.69) is 10.3 Å². The highest BCUT2D eigenvalue weighted by atomic mass is 16.5. The maximum Gasteiger partial charge on any atom is 0.326 e. The molecule has 0 radical (unpaired) electrons. The Labute approximate surface area is 121 Å². The number of hydrogen-bond donors (Lipinski definition) is 2. The van der Waals surface area contributed by atoms with Crippen molar-refractivity contribution in [3.05, 3.63) is 42.2 Å². The van der Waals surface area contributed by atoms with Crippen LogP contribution >= 0.6 is 0 Å². The van der Waals surface area contributed by atoms with Gasteiger partial charge >= 0.3 is 5.97 Å². The molecule has 1 unspecified atom stereocenters. The molecule has 0 saturated carbocycles. The van der Waals surface area contributed by atoms with Crippen molar-refractivity contribution in [2.45, 2.75) is 12.5 Å². The number of pyridine rings is 1. The lowest BCUT2D eigenvalue weighted by Gasteiger charge is -2.14. The molecule has 1 heterocycles. The molecular weight excluding hydrogens is 272 g/mol. The van der Waals surface area contributed by atoms with Gasteiger partial charge in [0.15, 0.2) is 0 Å². The fourth-order valence-electron chi connectivity index (χ4n) is 2.02. The summed E-state index contributed by atoms with van der Waals surface area (Å²) in [5.74, 6) is -1.60. The zero-order valence-electron chi connectivity index (χ0n) is 11.6. The topological polar surface area (TPSA) is 88.5 Å². The summed E-state index contributed by atoms with van der Waals surface area (Å²) in [6, 6.07) is 8.11. The summed E-state index contributed by atoms with van der Waals surface area (Å²) in [5, 5.41) is 13.2. The molecular formula is C15H16N2O4. The van der Waals surface area contributed by atoms with Gasteiger partial charge in [-0.3, -0.25) is 9.78 Å². The average Bonchev–Trinajstić information content (AvgIpc) is 2.50. The lowest BCUT2D eigenvalue weighted by molar-refractivity contribution is -0.139. The van der Waals surface area contributed by atoms with Crippen LogP contribution in [-0.4, -0.2) is 41.7 Å². The predicted octanol–water partition coefficient (Wildman–Crippen LogP) is 1.45. The van der Waals surface area contributed by atoms with Gasteiger partial charge in [-0.15, -0.1) is 0 Å². The number of amides is 1. The van der Waals surface area contributed by atoms with Gasteiger partial charge in [0.25, 0.3) is 5.91 Å². The Balaban J connectivity index is 2.23. The van der Waals surface area contributed by atoms with Gasteiger partial charge in [-0.05, 0) is 11.5 Å². The molecule has 6 nitrogen and oxygen atoms in total. The largest absolute Gasteiger partial charge is 0.480 e. The van der Waals surface area contributed by atoms with E-state index in [9.17, 15) is 9.59 Å². The summed E-state index contributed by atoms with van der Waals surface area (Å²) in [6.45, 7) is 0.250. The Bertz CT molecular complexity index is 652. The number of ether oxygens (including phenoxy) is 1. The Hall–Kier alpha value is -2.47. The van der Waals surface area contributed by atoms with Crippen LogP contribution in [0.25, 0.3) is 10.8 Å². The van der Waals surface area contributed by atoms with Crippen molar-refractivity contribution in [1.82, 2.24) is 10.3 Å². The van der Waals surface area contributed by atoms with Crippen molar-refractivity contribution in [3.63, 3.8) is 0 Å². The number of benzene rings is 1. The minimum absolute atomic E-state index is 0.197. The minimum Gasteiger partial charge on any atom is -0.480 e. The van der Waals surface area contributed by atoms with Gasteiger partial charge in [0.2, 0.25) is 0 Å². The molecule has 0 spiro atoms. The first-order valence-electron chi connectivity index (χ1n) is 6.50. The molecule has 2 N–H and O–H groups in total. The molecule has 21 heavy (non-hydrogen) atoms. The number of carbonyl (C=O) groups is 2. The third-order valence-corrected chi connectivity index (χ3v) is 3.10. The van der Waals surface area contributed by atoms with E-state index in [1.165, 1.54) is 13.3 Å². The fourth-order valence-corrected chi connectivity index (χ4v) is 2.02. The number of carboxylic acids is 1. The Morgan fingerprint density at radius 1 is 1.33 bits per heavy atom. The van der Waals surface area contributed by atoms with Crippen molar-refractivity contribution in [1.29, 1.82) is 0 Å². The maximum atomic E-state index is 12.3. The molecule has 0 aliphatic carbocycles. The van der Waals surface area contributed by atoms with E-state index in [1.54, 1.807) is 18.2 Å². The Kier molecular flexibility index (Phi) is 4.84. The SMILES string of the molecule is COCCC(NC(=O)c1nccc2ccccc12)C(=O)O. The van der Waals surface area contributed by atoms with Crippen LogP contribution in [0.15, 0.2) is 36.5 Å². The first-order valence-corrected chi connectivity index (χ1v) is 6.50. The molecule has 1 aromatic carbocycles. The number of rotatable bonds is 6. The maximum absolute atomic E-state index is 12.3. The predicted molar refractivity (Wildman–Crippen MR) is 77.1 cm³/mol. The van der Waals surface area contributed by atoms with Crippen molar-refractivity contribution in [2.24, 2.45) is 0 Å². The van der Waals surface area contributed by atoms with E-state index < -0.39 is 17.9 Å². The van der Waals surface area contributed by atoms with E-state index >= 15 is 0 Å². The van der Waals surface area contributed by atoms with Crippen molar-refractivity contribution < 1.29 is 19.4 Å². The van der Waals surface area contributed by atoms with Crippen LogP contribution in [0.2, 0.25) is 0 Å². The number of aromatic nitrogens is 1. The monoisotopic (exact) mass is 288 g/mol. The molecule has 0 saturated heterocycles. The number of fused-ring (bicyclic) bond motifs is 1. The highest BCUT2D eigenvalue weighted by molar-refractivity contribution is 6.06. The van der Waals surface area contributed by atoms with Gasteiger partial charge in [0.05, 0.1) is 0 Å². The molecule has 0 aliphatic rings. The van der Waals surface area contributed by atoms with Crippen LogP contribution in [0.1, 0.15) is 16.9 Å². The Morgan fingerprint density at radius 2 is 2.10 bits per heavy atom. The zero-order chi connectivity index (χ0) is 15.2. The third-order valence-electron chi connectivity index (χ3n) is 3.10. The third kappa shape index (κ3) is 3.55. The molecule has 0 bridgehead atoms. The second-order valence-corrected chi connectivity index (χ2v) is 4.53. The van der Waals surface area contributed by atoms with Crippen molar-refractivity contribution in [2.75, 3.05) is 13.7 Å². The summed E-state index contributed by atoms with van der Waals surface area (Å²) < 4.78 is 4.85. The molecule has 6 heteroatoms. The summed E-state index contributed by atoms with van der Waals surface area (Å²) in [7, 11) is 1.48. The second kappa shape index (κ2) is 6.81. The van der Waals surface area contributed by atoms with E-state index in [-0.39, 0.29) is 18.7 Å². The number of aliphatic carboxylic acids is 1.